The summed E-state index contributed by atoms with van der Waals surface area (Å²) in [5.74, 6) is -0.369. The topological polar surface area (TPSA) is 69.6 Å². The molecule has 0 radical (unpaired) electrons. The molecule has 3 rings (SSSR count). The van der Waals surface area contributed by atoms with E-state index in [1.54, 1.807) is 0 Å². The van der Waals surface area contributed by atoms with Gasteiger partial charge in [0, 0.05) is 0 Å². The van der Waals surface area contributed by atoms with E-state index in [1.165, 1.54) is 16.7 Å². The van der Waals surface area contributed by atoms with Gasteiger partial charge in [0.1, 0.15) is 17.6 Å². The number of β-lactam (4-membered cyclic amide) rings is 1. The molecule has 5 nitrogen and oxygen atoms in total. The summed E-state index contributed by atoms with van der Waals surface area (Å²) in [4.78, 5) is 25.6. The number of carbonyl (C=O) groups excluding carboxylic acids is 2. The van der Waals surface area contributed by atoms with Crippen LogP contribution in [0.15, 0.2) is 30.3 Å². The van der Waals surface area contributed by atoms with E-state index in [0.29, 0.717) is 0 Å². The lowest BCUT2D eigenvalue weighted by Crippen LogP contribution is -2.69. The zero-order valence-corrected chi connectivity index (χ0v) is 12.8. The van der Waals surface area contributed by atoms with Crippen molar-refractivity contribution in [3.05, 3.63) is 35.9 Å². The van der Waals surface area contributed by atoms with Gasteiger partial charge in [-0.05, 0) is 19.4 Å². The van der Waals surface area contributed by atoms with Gasteiger partial charge in [0.15, 0.2) is 0 Å². The third kappa shape index (κ3) is 2.42. The van der Waals surface area contributed by atoms with Crippen LogP contribution in [-0.4, -0.2) is 44.2 Å². The molecule has 3 atom stereocenters. The number of benzene rings is 1. The van der Waals surface area contributed by atoms with E-state index in [0.717, 1.165) is 5.56 Å². The van der Waals surface area contributed by atoms with E-state index in [1.807, 2.05) is 44.2 Å². The maximum absolute atomic E-state index is 12.1. The number of hydrogen-bond donors (Lipinski definition) is 2. The molecule has 0 spiro atoms. The van der Waals surface area contributed by atoms with Crippen LogP contribution in [-0.2, 0) is 16.0 Å². The number of amides is 2. The molecule has 2 aliphatic heterocycles. The van der Waals surface area contributed by atoms with Gasteiger partial charge >= 0.3 is 0 Å². The monoisotopic (exact) mass is 306 g/mol. The number of rotatable bonds is 3. The van der Waals surface area contributed by atoms with E-state index in [9.17, 15) is 14.7 Å². The van der Waals surface area contributed by atoms with E-state index in [2.05, 4.69) is 5.32 Å². The Kier molecular flexibility index (Phi) is 3.45. The molecule has 21 heavy (non-hydrogen) atoms. The molecule has 2 N–H and O–H groups in total. The fourth-order valence-corrected chi connectivity index (χ4v) is 4.23. The van der Waals surface area contributed by atoms with Gasteiger partial charge in [-0.2, -0.15) is 0 Å². The van der Waals surface area contributed by atoms with Crippen LogP contribution in [0.5, 0.6) is 0 Å². The maximum Gasteiger partial charge on any atom is 0.251 e. The standard InChI is InChI=1S/C15H18N2O3S/c1-15(2)14(20)17-12(19)11(13(17)21-15)16-10(18)8-9-6-4-3-5-7-9/h3-7,11,13-14,20H,8H2,1-2H3,(H,16,18)/t11-,13-,14-/m1/s1. The second kappa shape index (κ2) is 5.03. The average Bonchev–Trinajstić information content (AvgIpc) is 2.65. The Balaban J connectivity index is 1.62. The fraction of sp³-hybridized carbons (Fsp3) is 0.467. The Labute approximate surface area is 127 Å². The minimum atomic E-state index is -0.790. The van der Waals surface area contributed by atoms with Crippen LogP contribution in [0.2, 0.25) is 0 Å². The molecular formula is C15H18N2O3S. The highest BCUT2D eigenvalue weighted by Crippen LogP contribution is 2.49. The smallest absolute Gasteiger partial charge is 0.251 e. The fourth-order valence-electron chi connectivity index (χ4n) is 2.72. The van der Waals surface area contributed by atoms with Gasteiger partial charge in [0.25, 0.3) is 5.91 Å². The normalized spacial score (nSPS) is 29.8. The quantitative estimate of drug-likeness (QED) is 0.808. The summed E-state index contributed by atoms with van der Waals surface area (Å²) >= 11 is 1.53. The highest BCUT2D eigenvalue weighted by molar-refractivity contribution is 8.01. The number of fused-ring (bicyclic) bond motifs is 1. The molecule has 6 heteroatoms. The Bertz CT molecular complexity index is 576. The third-order valence-corrected chi connectivity index (χ3v) is 5.47. The first-order valence-corrected chi connectivity index (χ1v) is 7.79. The minimum Gasteiger partial charge on any atom is -0.372 e. The third-order valence-electron chi connectivity index (χ3n) is 3.91. The van der Waals surface area contributed by atoms with Gasteiger partial charge < -0.3 is 10.4 Å². The van der Waals surface area contributed by atoms with Crippen molar-refractivity contribution in [3.8, 4) is 0 Å². The number of aliphatic hydroxyl groups is 1. The van der Waals surface area contributed by atoms with Crippen molar-refractivity contribution < 1.29 is 14.7 Å². The van der Waals surface area contributed by atoms with Gasteiger partial charge in [-0.1, -0.05) is 30.3 Å². The van der Waals surface area contributed by atoms with Crippen LogP contribution < -0.4 is 5.32 Å². The van der Waals surface area contributed by atoms with Gasteiger partial charge in [0.05, 0.1) is 11.2 Å². The highest BCUT2D eigenvalue weighted by atomic mass is 32.2. The molecule has 0 aromatic heterocycles. The van der Waals surface area contributed by atoms with Crippen LogP contribution in [0, 0.1) is 0 Å². The van der Waals surface area contributed by atoms with Gasteiger partial charge in [0.2, 0.25) is 5.91 Å². The lowest BCUT2D eigenvalue weighted by Gasteiger charge is -2.43. The van der Waals surface area contributed by atoms with E-state index in [4.69, 9.17) is 0 Å². The summed E-state index contributed by atoms with van der Waals surface area (Å²) < 4.78 is -0.404. The Morgan fingerprint density at radius 3 is 2.71 bits per heavy atom. The number of carbonyl (C=O) groups is 2. The van der Waals surface area contributed by atoms with Crippen molar-refractivity contribution in [2.24, 2.45) is 0 Å². The molecule has 0 saturated carbocycles. The first-order chi connectivity index (χ1) is 9.90. The first-order valence-electron chi connectivity index (χ1n) is 6.91. The van der Waals surface area contributed by atoms with Crippen LogP contribution in [0.4, 0.5) is 0 Å². The van der Waals surface area contributed by atoms with Crippen LogP contribution in [0.3, 0.4) is 0 Å². The lowest BCUT2D eigenvalue weighted by molar-refractivity contribution is -0.162. The zero-order valence-electron chi connectivity index (χ0n) is 11.9. The van der Waals surface area contributed by atoms with E-state index >= 15 is 0 Å². The largest absolute Gasteiger partial charge is 0.372 e. The summed E-state index contributed by atoms with van der Waals surface area (Å²) in [5.41, 5.74) is 0.915. The molecular weight excluding hydrogens is 288 g/mol. The molecule has 2 heterocycles. The van der Waals surface area contributed by atoms with Crippen LogP contribution >= 0.6 is 11.8 Å². The molecule has 1 aromatic rings. The summed E-state index contributed by atoms with van der Waals surface area (Å²) in [5, 5.41) is 12.7. The van der Waals surface area contributed by atoms with Crippen molar-refractivity contribution in [1.82, 2.24) is 10.2 Å². The Morgan fingerprint density at radius 2 is 2.05 bits per heavy atom. The van der Waals surface area contributed by atoms with Gasteiger partial charge in [-0.3, -0.25) is 14.5 Å². The molecule has 2 amide bonds. The van der Waals surface area contributed by atoms with Gasteiger partial charge in [-0.15, -0.1) is 11.8 Å². The predicted octanol–water partition coefficient (Wildman–Crippen LogP) is 0.726. The number of hydrogen-bond acceptors (Lipinski definition) is 4. The van der Waals surface area contributed by atoms with E-state index < -0.39 is 17.0 Å². The molecule has 2 aliphatic rings. The average molecular weight is 306 g/mol. The SMILES string of the molecule is CC1(C)S[C@@H]2[C@H](NC(=O)Cc3ccccc3)C(=O)N2[C@@H]1O. The molecule has 0 bridgehead atoms. The lowest BCUT2D eigenvalue weighted by atomic mass is 10.0. The van der Waals surface area contributed by atoms with Crippen molar-refractivity contribution >= 4 is 23.6 Å². The van der Waals surface area contributed by atoms with Gasteiger partial charge in [-0.25, -0.2) is 0 Å². The van der Waals surface area contributed by atoms with E-state index in [-0.39, 0.29) is 23.6 Å². The first kappa shape index (κ1) is 14.4. The molecule has 2 fully saturated rings. The van der Waals surface area contributed by atoms with Crippen LogP contribution in [0.1, 0.15) is 19.4 Å². The predicted molar refractivity (Wildman–Crippen MR) is 80.4 cm³/mol. The van der Waals surface area contributed by atoms with Crippen molar-refractivity contribution in [2.45, 2.75) is 42.7 Å². The Morgan fingerprint density at radius 1 is 1.38 bits per heavy atom. The summed E-state index contributed by atoms with van der Waals surface area (Å²) in [6, 6.07) is 8.89. The minimum absolute atomic E-state index is 0.165. The molecule has 112 valence electrons. The van der Waals surface area contributed by atoms with Crippen molar-refractivity contribution in [1.29, 1.82) is 0 Å². The number of thioether (sulfide) groups is 1. The zero-order chi connectivity index (χ0) is 15.2. The summed E-state index contributed by atoms with van der Waals surface area (Å²) in [6.45, 7) is 3.80. The number of aliphatic hydroxyl groups excluding tert-OH is 1. The van der Waals surface area contributed by atoms with Crippen molar-refractivity contribution in [3.63, 3.8) is 0 Å². The molecule has 0 unspecified atom stereocenters. The second-order valence-electron chi connectivity index (χ2n) is 5.94. The second-order valence-corrected chi connectivity index (χ2v) is 7.71. The summed E-state index contributed by atoms with van der Waals surface area (Å²) in [6.07, 6.45) is -0.532. The molecule has 2 saturated heterocycles. The Hall–Kier alpha value is -1.53. The van der Waals surface area contributed by atoms with Crippen LogP contribution in [0.25, 0.3) is 0 Å². The number of nitrogens with one attached hydrogen (secondary N) is 1. The molecule has 0 aliphatic carbocycles. The number of nitrogens with zero attached hydrogens (tertiary/aromatic N) is 1. The van der Waals surface area contributed by atoms with Crippen molar-refractivity contribution in [2.75, 3.05) is 0 Å². The molecule has 1 aromatic carbocycles. The summed E-state index contributed by atoms with van der Waals surface area (Å²) in [7, 11) is 0. The highest BCUT2D eigenvalue weighted by Gasteiger charge is 2.61. The maximum atomic E-state index is 12.1.